The molecule has 0 aliphatic heterocycles. The second-order valence-corrected chi connectivity index (χ2v) is 15.7. The molecule has 0 saturated carbocycles. The molecule has 0 aromatic heterocycles. The third kappa shape index (κ3) is 6.13. The van der Waals surface area contributed by atoms with Gasteiger partial charge >= 0.3 is 0 Å². The Morgan fingerprint density at radius 2 is 0.759 bits per heavy atom. The molecule has 10 rings (SSSR count). The Balaban J connectivity index is 1.24. The van der Waals surface area contributed by atoms with E-state index in [2.05, 4.69) is 243 Å². The zero-order chi connectivity index (χ0) is 39.1. The van der Waals surface area contributed by atoms with Gasteiger partial charge in [0.1, 0.15) is 0 Å². The maximum absolute atomic E-state index is 2.47. The number of hydrogen-bond acceptors (Lipinski definition) is 1. The van der Waals surface area contributed by atoms with Crippen molar-refractivity contribution in [3.8, 4) is 66.8 Å². The predicted octanol–water partition coefficient (Wildman–Crippen LogP) is 15.8. The standard InChI is InChI=1S/C57H43N/c1-57(2)53-36-15-14-31-50(53)52-35-18-34-49(56(52)57)44-27-17-29-46(39-44)58(45-28-16-26-43(38-45)40-20-6-3-7-21-40)54-37-19-33-48(42-24-10-5-11-25-42)55(54)51-32-13-12-30-47(51)41-22-8-4-9-23-41/h3-39H,1-2H3. The molecule has 9 aromatic carbocycles. The van der Waals surface area contributed by atoms with Gasteiger partial charge in [0.2, 0.25) is 0 Å². The molecule has 0 atom stereocenters. The molecule has 0 N–H and O–H groups in total. The van der Waals surface area contributed by atoms with Gasteiger partial charge in [-0.15, -0.1) is 0 Å². The van der Waals surface area contributed by atoms with E-state index < -0.39 is 0 Å². The summed E-state index contributed by atoms with van der Waals surface area (Å²) < 4.78 is 0. The molecule has 0 fully saturated rings. The van der Waals surface area contributed by atoms with E-state index in [4.69, 9.17) is 0 Å². The highest BCUT2D eigenvalue weighted by Crippen LogP contribution is 2.53. The quantitative estimate of drug-likeness (QED) is 0.150. The van der Waals surface area contributed by atoms with Crippen molar-refractivity contribution in [2.24, 2.45) is 0 Å². The van der Waals surface area contributed by atoms with Crippen LogP contribution in [-0.4, -0.2) is 0 Å². The number of nitrogens with zero attached hydrogens (tertiary/aromatic N) is 1. The van der Waals surface area contributed by atoms with Gasteiger partial charge in [0.05, 0.1) is 5.69 Å². The lowest BCUT2D eigenvalue weighted by atomic mass is 9.79. The summed E-state index contributed by atoms with van der Waals surface area (Å²) in [6.07, 6.45) is 0. The van der Waals surface area contributed by atoms with Crippen molar-refractivity contribution in [1.29, 1.82) is 0 Å². The number of rotatable bonds is 8. The monoisotopic (exact) mass is 741 g/mol. The second kappa shape index (κ2) is 14.7. The fourth-order valence-electron chi connectivity index (χ4n) is 9.22. The molecule has 1 nitrogen and oxygen atoms in total. The van der Waals surface area contributed by atoms with E-state index in [9.17, 15) is 0 Å². The lowest BCUT2D eigenvalue weighted by molar-refractivity contribution is 0.662. The number of hydrogen-bond donors (Lipinski definition) is 0. The van der Waals surface area contributed by atoms with Crippen molar-refractivity contribution in [3.63, 3.8) is 0 Å². The Bertz CT molecular complexity index is 2910. The van der Waals surface area contributed by atoms with E-state index in [-0.39, 0.29) is 5.41 Å². The topological polar surface area (TPSA) is 3.24 Å². The molecule has 0 heterocycles. The molecule has 0 radical (unpaired) electrons. The molecule has 276 valence electrons. The smallest absolute Gasteiger partial charge is 0.0546 e. The first-order chi connectivity index (χ1) is 28.6. The molecule has 1 aliphatic rings. The van der Waals surface area contributed by atoms with E-state index in [1.807, 2.05) is 0 Å². The number of fused-ring (bicyclic) bond motifs is 3. The minimum Gasteiger partial charge on any atom is -0.310 e. The van der Waals surface area contributed by atoms with Crippen LogP contribution in [0.5, 0.6) is 0 Å². The first kappa shape index (κ1) is 35.2. The van der Waals surface area contributed by atoms with Crippen LogP contribution in [0.4, 0.5) is 17.1 Å². The molecule has 0 spiro atoms. The average molecular weight is 742 g/mol. The van der Waals surface area contributed by atoms with Gasteiger partial charge in [0, 0.05) is 22.4 Å². The fraction of sp³-hybridized carbons (Fsp3) is 0.0526. The highest BCUT2D eigenvalue weighted by atomic mass is 15.1. The maximum atomic E-state index is 2.47. The summed E-state index contributed by atoms with van der Waals surface area (Å²) >= 11 is 0. The van der Waals surface area contributed by atoms with Crippen molar-refractivity contribution < 1.29 is 0 Å². The zero-order valence-corrected chi connectivity index (χ0v) is 32.8. The van der Waals surface area contributed by atoms with Gasteiger partial charge in [-0.2, -0.15) is 0 Å². The summed E-state index contributed by atoms with van der Waals surface area (Å²) in [6, 6.07) is 81.8. The van der Waals surface area contributed by atoms with Crippen LogP contribution in [0, 0.1) is 0 Å². The highest BCUT2D eigenvalue weighted by Gasteiger charge is 2.37. The van der Waals surface area contributed by atoms with Gasteiger partial charge in [0.15, 0.2) is 0 Å². The maximum Gasteiger partial charge on any atom is 0.0546 e. The summed E-state index contributed by atoms with van der Waals surface area (Å²) in [7, 11) is 0. The predicted molar refractivity (Wildman–Crippen MR) is 246 cm³/mol. The molecule has 0 saturated heterocycles. The van der Waals surface area contributed by atoms with Crippen molar-refractivity contribution in [3.05, 3.63) is 236 Å². The number of benzene rings is 9. The van der Waals surface area contributed by atoms with Gasteiger partial charge in [-0.05, 0) is 103 Å². The van der Waals surface area contributed by atoms with Crippen molar-refractivity contribution in [2.75, 3.05) is 4.90 Å². The largest absolute Gasteiger partial charge is 0.310 e. The van der Waals surface area contributed by atoms with E-state index in [0.29, 0.717) is 0 Å². The Kier molecular flexibility index (Phi) is 8.92. The van der Waals surface area contributed by atoms with Crippen LogP contribution in [0.1, 0.15) is 25.0 Å². The Morgan fingerprint density at radius 1 is 0.310 bits per heavy atom. The van der Waals surface area contributed by atoms with Gasteiger partial charge in [-0.25, -0.2) is 0 Å². The third-order valence-electron chi connectivity index (χ3n) is 11.9. The summed E-state index contributed by atoms with van der Waals surface area (Å²) in [6.45, 7) is 4.75. The minimum atomic E-state index is -0.138. The molecule has 58 heavy (non-hydrogen) atoms. The second-order valence-electron chi connectivity index (χ2n) is 15.7. The Morgan fingerprint density at radius 3 is 1.45 bits per heavy atom. The summed E-state index contributed by atoms with van der Waals surface area (Å²) in [5.74, 6) is 0. The summed E-state index contributed by atoms with van der Waals surface area (Å²) in [5.41, 5.74) is 20.5. The van der Waals surface area contributed by atoms with Crippen molar-refractivity contribution in [1.82, 2.24) is 0 Å². The van der Waals surface area contributed by atoms with Gasteiger partial charge in [0.25, 0.3) is 0 Å². The van der Waals surface area contributed by atoms with E-state index in [1.165, 1.54) is 77.9 Å². The van der Waals surface area contributed by atoms with E-state index in [1.54, 1.807) is 0 Å². The zero-order valence-electron chi connectivity index (χ0n) is 32.8. The number of anilines is 3. The van der Waals surface area contributed by atoms with Crippen LogP contribution < -0.4 is 4.90 Å². The molecule has 0 unspecified atom stereocenters. The van der Waals surface area contributed by atoms with E-state index >= 15 is 0 Å². The van der Waals surface area contributed by atoms with Crippen LogP contribution in [-0.2, 0) is 5.41 Å². The van der Waals surface area contributed by atoms with Crippen LogP contribution in [0.25, 0.3) is 66.8 Å². The molecular weight excluding hydrogens is 699 g/mol. The van der Waals surface area contributed by atoms with Crippen molar-refractivity contribution >= 4 is 17.1 Å². The van der Waals surface area contributed by atoms with Crippen LogP contribution in [0.15, 0.2) is 224 Å². The molecular formula is C57H43N. The van der Waals surface area contributed by atoms with Crippen LogP contribution in [0.3, 0.4) is 0 Å². The first-order valence-electron chi connectivity index (χ1n) is 20.2. The summed E-state index contributed by atoms with van der Waals surface area (Å²) in [5, 5.41) is 0. The molecule has 0 bridgehead atoms. The molecule has 1 aliphatic carbocycles. The van der Waals surface area contributed by atoms with Gasteiger partial charge < -0.3 is 4.90 Å². The molecule has 9 aromatic rings. The van der Waals surface area contributed by atoms with Gasteiger partial charge in [-0.1, -0.05) is 208 Å². The lowest BCUT2D eigenvalue weighted by Crippen LogP contribution is -2.16. The van der Waals surface area contributed by atoms with Crippen LogP contribution >= 0.6 is 0 Å². The Hall–Kier alpha value is -7.22. The minimum absolute atomic E-state index is 0.138. The average Bonchev–Trinajstić information content (AvgIpc) is 3.53. The third-order valence-corrected chi connectivity index (χ3v) is 11.9. The van der Waals surface area contributed by atoms with E-state index in [0.717, 1.165) is 17.1 Å². The van der Waals surface area contributed by atoms with Crippen LogP contribution in [0.2, 0.25) is 0 Å². The normalized spacial score (nSPS) is 12.4. The highest BCUT2D eigenvalue weighted by molar-refractivity contribution is 6.01. The SMILES string of the molecule is CC1(C)c2ccccc2-c2cccc(-c3cccc(N(c4cccc(-c5ccccc5)c4)c4cccc(-c5ccccc5)c4-c4ccccc4-c4ccccc4)c3)c21. The first-order valence-corrected chi connectivity index (χ1v) is 20.2. The summed E-state index contributed by atoms with van der Waals surface area (Å²) in [4.78, 5) is 2.47. The fourth-order valence-corrected chi connectivity index (χ4v) is 9.22. The molecule has 1 heteroatoms. The molecule has 0 amide bonds. The van der Waals surface area contributed by atoms with Gasteiger partial charge in [-0.3, -0.25) is 0 Å². The lowest BCUT2D eigenvalue weighted by Gasteiger charge is -2.31. The van der Waals surface area contributed by atoms with Crippen molar-refractivity contribution in [2.45, 2.75) is 19.3 Å². The Labute approximate surface area is 342 Å².